The van der Waals surface area contributed by atoms with E-state index in [9.17, 15) is 0 Å². The first-order valence-electron chi connectivity index (χ1n) is 6.38. The Bertz CT molecular complexity index is 297. The highest BCUT2D eigenvalue weighted by Gasteiger charge is 2.19. The van der Waals surface area contributed by atoms with Crippen LogP contribution in [0.25, 0.3) is 0 Å². The molecule has 1 fully saturated rings. The van der Waals surface area contributed by atoms with Gasteiger partial charge in [-0.25, -0.2) is 4.98 Å². The Morgan fingerprint density at radius 3 is 3.12 bits per heavy atom. The van der Waals surface area contributed by atoms with Crippen LogP contribution in [-0.2, 0) is 0 Å². The molecule has 0 bridgehead atoms. The number of nitrogens with one attached hydrogen (secondary N) is 1. The number of aromatic nitrogens is 1. The van der Waals surface area contributed by atoms with Gasteiger partial charge in [-0.3, -0.25) is 0 Å². The Hall–Kier alpha value is -0.410. The van der Waals surface area contributed by atoms with Crippen LogP contribution in [-0.4, -0.2) is 11.5 Å². The van der Waals surface area contributed by atoms with Gasteiger partial charge in [-0.1, -0.05) is 19.8 Å². The van der Waals surface area contributed by atoms with Gasteiger partial charge in [0, 0.05) is 11.6 Å². The molecule has 1 aromatic heterocycles. The van der Waals surface area contributed by atoms with Crippen LogP contribution in [0.1, 0.15) is 50.6 Å². The molecule has 0 spiro atoms. The van der Waals surface area contributed by atoms with Crippen molar-refractivity contribution < 1.29 is 0 Å². The third-order valence-electron chi connectivity index (χ3n) is 3.58. The molecule has 3 heteroatoms. The summed E-state index contributed by atoms with van der Waals surface area (Å²) in [5.41, 5.74) is 0. The van der Waals surface area contributed by atoms with E-state index < -0.39 is 0 Å². The summed E-state index contributed by atoms with van der Waals surface area (Å²) >= 11 is 1.74. The average molecular weight is 238 g/mol. The normalized spacial score (nSPS) is 27.9. The molecular formula is C13H22N2S. The number of rotatable bonds is 4. The lowest BCUT2D eigenvalue weighted by atomic mass is 9.82. The Balaban J connectivity index is 1.74. The Morgan fingerprint density at radius 1 is 1.56 bits per heavy atom. The minimum Gasteiger partial charge on any atom is -0.308 e. The topological polar surface area (TPSA) is 24.9 Å². The van der Waals surface area contributed by atoms with Crippen LogP contribution in [0.4, 0.5) is 0 Å². The maximum atomic E-state index is 4.35. The molecule has 3 atom stereocenters. The predicted octanol–water partition coefficient (Wildman–Crippen LogP) is 3.62. The summed E-state index contributed by atoms with van der Waals surface area (Å²) in [7, 11) is 0. The zero-order chi connectivity index (χ0) is 11.4. The maximum Gasteiger partial charge on any atom is 0.109 e. The van der Waals surface area contributed by atoms with E-state index in [0.717, 1.165) is 18.4 Å². The Kier molecular flexibility index (Phi) is 4.36. The van der Waals surface area contributed by atoms with Crippen molar-refractivity contribution in [2.24, 2.45) is 11.8 Å². The van der Waals surface area contributed by atoms with Crippen molar-refractivity contribution in [1.29, 1.82) is 0 Å². The Morgan fingerprint density at radius 2 is 2.44 bits per heavy atom. The lowest BCUT2D eigenvalue weighted by molar-refractivity contribution is 0.268. The monoisotopic (exact) mass is 238 g/mol. The summed E-state index contributed by atoms with van der Waals surface area (Å²) in [5.74, 6) is 1.81. The van der Waals surface area contributed by atoms with Gasteiger partial charge in [-0.05, 0) is 38.1 Å². The Labute approximate surface area is 102 Å². The molecule has 16 heavy (non-hydrogen) atoms. The lowest BCUT2D eigenvalue weighted by Gasteiger charge is -2.27. The van der Waals surface area contributed by atoms with Crippen LogP contribution < -0.4 is 5.32 Å². The van der Waals surface area contributed by atoms with Crippen LogP contribution >= 0.6 is 11.3 Å². The van der Waals surface area contributed by atoms with Crippen LogP contribution in [0.2, 0.25) is 0 Å². The van der Waals surface area contributed by atoms with E-state index in [1.54, 1.807) is 11.3 Å². The molecule has 0 radical (unpaired) electrons. The molecule has 1 N–H and O–H groups in total. The van der Waals surface area contributed by atoms with Gasteiger partial charge in [0.05, 0.1) is 6.04 Å². The molecule has 2 rings (SSSR count). The first-order valence-corrected chi connectivity index (χ1v) is 7.26. The van der Waals surface area contributed by atoms with Crippen LogP contribution in [0.3, 0.4) is 0 Å². The smallest absolute Gasteiger partial charge is 0.109 e. The highest BCUT2D eigenvalue weighted by Crippen LogP contribution is 2.28. The van der Waals surface area contributed by atoms with Gasteiger partial charge < -0.3 is 5.32 Å². The molecule has 2 nitrogen and oxygen atoms in total. The lowest BCUT2D eigenvalue weighted by Crippen LogP contribution is -2.28. The fourth-order valence-electron chi connectivity index (χ4n) is 2.62. The highest BCUT2D eigenvalue weighted by atomic mass is 32.1. The molecule has 90 valence electrons. The van der Waals surface area contributed by atoms with Crippen molar-refractivity contribution in [3.8, 4) is 0 Å². The SMILES string of the molecule is CC1CCCC(CNC(C)c2nccs2)C1. The summed E-state index contributed by atoms with van der Waals surface area (Å²) in [6, 6.07) is 0.414. The number of thiazole rings is 1. The second-order valence-corrected chi connectivity index (χ2v) is 6.06. The van der Waals surface area contributed by atoms with E-state index in [0.29, 0.717) is 6.04 Å². The largest absolute Gasteiger partial charge is 0.308 e. The van der Waals surface area contributed by atoms with E-state index in [4.69, 9.17) is 0 Å². The van der Waals surface area contributed by atoms with Gasteiger partial charge in [0.15, 0.2) is 0 Å². The minimum absolute atomic E-state index is 0.414. The molecule has 0 aliphatic heterocycles. The number of nitrogens with zero attached hydrogens (tertiary/aromatic N) is 1. The molecule has 0 saturated heterocycles. The molecule has 0 amide bonds. The van der Waals surface area contributed by atoms with Crippen LogP contribution in [0.5, 0.6) is 0 Å². The average Bonchev–Trinajstić information content (AvgIpc) is 2.79. The van der Waals surface area contributed by atoms with E-state index in [1.165, 1.54) is 30.7 Å². The minimum atomic E-state index is 0.414. The molecule has 0 aromatic carbocycles. The number of hydrogen-bond acceptors (Lipinski definition) is 3. The highest BCUT2D eigenvalue weighted by molar-refractivity contribution is 7.09. The molecule has 1 aliphatic carbocycles. The summed E-state index contributed by atoms with van der Waals surface area (Å²) < 4.78 is 0. The van der Waals surface area contributed by atoms with Crippen LogP contribution in [0, 0.1) is 11.8 Å². The first-order chi connectivity index (χ1) is 7.75. The molecule has 1 aromatic rings. The zero-order valence-electron chi connectivity index (χ0n) is 10.3. The summed E-state index contributed by atoms with van der Waals surface area (Å²) in [5, 5.41) is 6.89. The van der Waals surface area contributed by atoms with E-state index in [2.05, 4.69) is 29.5 Å². The third kappa shape index (κ3) is 3.29. The van der Waals surface area contributed by atoms with Crippen molar-refractivity contribution in [2.45, 2.75) is 45.6 Å². The fourth-order valence-corrected chi connectivity index (χ4v) is 3.29. The van der Waals surface area contributed by atoms with Crippen molar-refractivity contribution >= 4 is 11.3 Å². The second-order valence-electron chi connectivity index (χ2n) is 5.14. The van der Waals surface area contributed by atoms with Crippen molar-refractivity contribution in [3.63, 3.8) is 0 Å². The van der Waals surface area contributed by atoms with Gasteiger partial charge >= 0.3 is 0 Å². The van der Waals surface area contributed by atoms with E-state index in [-0.39, 0.29) is 0 Å². The predicted molar refractivity (Wildman–Crippen MR) is 69.7 cm³/mol. The fraction of sp³-hybridized carbons (Fsp3) is 0.769. The number of hydrogen-bond donors (Lipinski definition) is 1. The van der Waals surface area contributed by atoms with Crippen molar-refractivity contribution in [2.75, 3.05) is 6.54 Å². The first kappa shape index (κ1) is 12.1. The zero-order valence-corrected chi connectivity index (χ0v) is 11.1. The standard InChI is InChI=1S/C13H22N2S/c1-10-4-3-5-12(8-10)9-15-11(2)13-14-6-7-16-13/h6-7,10-12,15H,3-5,8-9H2,1-2H3. The summed E-state index contributed by atoms with van der Waals surface area (Å²) in [4.78, 5) is 4.35. The molecule has 1 saturated carbocycles. The second kappa shape index (κ2) is 5.78. The quantitative estimate of drug-likeness (QED) is 0.866. The van der Waals surface area contributed by atoms with Gasteiger partial charge in [-0.2, -0.15) is 0 Å². The van der Waals surface area contributed by atoms with E-state index in [1.807, 2.05) is 6.20 Å². The van der Waals surface area contributed by atoms with Gasteiger partial charge in [0.25, 0.3) is 0 Å². The van der Waals surface area contributed by atoms with Crippen LogP contribution in [0.15, 0.2) is 11.6 Å². The molecule has 1 aliphatic rings. The third-order valence-corrected chi connectivity index (χ3v) is 4.54. The van der Waals surface area contributed by atoms with Gasteiger partial charge in [0.2, 0.25) is 0 Å². The summed E-state index contributed by atoms with van der Waals surface area (Å²) in [6.45, 7) is 5.76. The maximum absolute atomic E-state index is 4.35. The molecule has 1 heterocycles. The summed E-state index contributed by atoms with van der Waals surface area (Å²) in [6.07, 6.45) is 7.54. The van der Waals surface area contributed by atoms with Gasteiger partial charge in [0.1, 0.15) is 5.01 Å². The van der Waals surface area contributed by atoms with Crippen molar-refractivity contribution in [3.05, 3.63) is 16.6 Å². The molecular weight excluding hydrogens is 216 g/mol. The van der Waals surface area contributed by atoms with Crippen molar-refractivity contribution in [1.82, 2.24) is 10.3 Å². The van der Waals surface area contributed by atoms with E-state index >= 15 is 0 Å². The van der Waals surface area contributed by atoms with Gasteiger partial charge in [-0.15, -0.1) is 11.3 Å². The molecule has 3 unspecified atom stereocenters.